The molecule has 3 heterocycles. The number of hydrogen-bond acceptors (Lipinski definition) is 7. The summed E-state index contributed by atoms with van der Waals surface area (Å²) in [7, 11) is -1.34. The molecule has 1 amide bonds. The lowest BCUT2D eigenvalue weighted by Crippen LogP contribution is -2.38. The number of carbonyl (C=O) groups is 1. The zero-order chi connectivity index (χ0) is 16.4. The van der Waals surface area contributed by atoms with Gasteiger partial charge in [-0.05, 0) is 17.9 Å². The van der Waals surface area contributed by atoms with Crippen LogP contribution in [0, 0.1) is 0 Å². The number of sulfone groups is 1. The summed E-state index contributed by atoms with van der Waals surface area (Å²) in [6.07, 6.45) is 0.512. The highest BCUT2D eigenvalue weighted by Crippen LogP contribution is 2.24. The van der Waals surface area contributed by atoms with Crippen molar-refractivity contribution < 1.29 is 13.2 Å². The van der Waals surface area contributed by atoms with Crippen LogP contribution in [-0.4, -0.2) is 64.8 Å². The van der Waals surface area contributed by atoms with Crippen molar-refractivity contribution in [1.82, 2.24) is 20.1 Å². The van der Waals surface area contributed by atoms with E-state index >= 15 is 0 Å². The van der Waals surface area contributed by atoms with Crippen molar-refractivity contribution in [2.75, 3.05) is 24.3 Å². The van der Waals surface area contributed by atoms with Gasteiger partial charge >= 0.3 is 0 Å². The third-order valence-corrected chi connectivity index (χ3v) is 7.15. The molecule has 0 bridgehead atoms. The van der Waals surface area contributed by atoms with E-state index < -0.39 is 9.84 Å². The lowest BCUT2D eigenvalue weighted by Gasteiger charge is -2.22. The number of nitrogens with one attached hydrogen (secondary N) is 1. The van der Waals surface area contributed by atoms with Gasteiger partial charge in [0.1, 0.15) is 0 Å². The molecule has 0 unspecified atom stereocenters. The Hall–Kier alpha value is -1.39. The fourth-order valence-corrected chi connectivity index (χ4v) is 5.51. The van der Waals surface area contributed by atoms with E-state index in [1.807, 2.05) is 17.5 Å². The monoisotopic (exact) mass is 372 g/mol. The maximum Gasteiger partial charge on any atom is 0.233 e. The molecule has 0 radical (unpaired) electrons. The van der Waals surface area contributed by atoms with Gasteiger partial charge in [-0.2, -0.15) is 0 Å². The summed E-state index contributed by atoms with van der Waals surface area (Å²) in [5.41, 5.74) is 0. The van der Waals surface area contributed by atoms with Crippen molar-refractivity contribution in [2.45, 2.75) is 17.6 Å². The predicted octanol–water partition coefficient (Wildman–Crippen LogP) is 1.27. The molecule has 10 heteroatoms. The molecule has 23 heavy (non-hydrogen) atoms. The van der Waals surface area contributed by atoms with E-state index in [1.165, 1.54) is 16.7 Å². The average Bonchev–Trinajstić information content (AvgIpc) is 3.23. The highest BCUT2D eigenvalue weighted by Gasteiger charge is 2.32. The normalized spacial score (nSPS) is 19.8. The van der Waals surface area contributed by atoms with Gasteiger partial charge in [-0.3, -0.25) is 9.89 Å². The van der Waals surface area contributed by atoms with Gasteiger partial charge in [-0.25, -0.2) is 13.4 Å². The van der Waals surface area contributed by atoms with Crippen LogP contribution < -0.4 is 0 Å². The average molecular weight is 372 g/mol. The Morgan fingerprint density at radius 3 is 3.04 bits per heavy atom. The molecule has 0 spiro atoms. The van der Waals surface area contributed by atoms with Crippen LogP contribution in [0.15, 0.2) is 22.7 Å². The van der Waals surface area contributed by atoms with E-state index in [4.69, 9.17) is 0 Å². The SMILES string of the molecule is CN(C(=O)CSc1n[nH]c(-c2cccs2)n1)[C@@H]1CCS(=O)(=O)C1. The van der Waals surface area contributed by atoms with Crippen LogP contribution in [0.5, 0.6) is 0 Å². The number of hydrogen-bond donors (Lipinski definition) is 1. The summed E-state index contributed by atoms with van der Waals surface area (Å²) < 4.78 is 23.0. The maximum absolute atomic E-state index is 12.2. The number of aromatic nitrogens is 3. The molecule has 124 valence electrons. The predicted molar refractivity (Wildman–Crippen MR) is 90.2 cm³/mol. The first-order valence-corrected chi connectivity index (χ1v) is 10.7. The molecule has 1 atom stereocenters. The van der Waals surface area contributed by atoms with Crippen LogP contribution in [0.1, 0.15) is 6.42 Å². The van der Waals surface area contributed by atoms with E-state index in [2.05, 4.69) is 15.2 Å². The minimum Gasteiger partial charge on any atom is -0.341 e. The Bertz CT molecular complexity index is 785. The highest BCUT2D eigenvalue weighted by molar-refractivity contribution is 7.99. The van der Waals surface area contributed by atoms with Crippen LogP contribution in [0.3, 0.4) is 0 Å². The second-order valence-corrected chi connectivity index (χ2v) is 9.41. The summed E-state index contributed by atoms with van der Waals surface area (Å²) in [6.45, 7) is 0. The van der Waals surface area contributed by atoms with E-state index in [1.54, 1.807) is 18.4 Å². The summed E-state index contributed by atoms with van der Waals surface area (Å²) in [5.74, 6) is 0.982. The van der Waals surface area contributed by atoms with Crippen molar-refractivity contribution >= 4 is 38.8 Å². The van der Waals surface area contributed by atoms with Gasteiger partial charge in [0.25, 0.3) is 0 Å². The van der Waals surface area contributed by atoms with Gasteiger partial charge in [0.15, 0.2) is 15.7 Å². The second-order valence-electron chi connectivity index (χ2n) is 5.29. The minimum absolute atomic E-state index is 0.0586. The number of carbonyl (C=O) groups excluding carboxylic acids is 1. The molecule has 0 aromatic carbocycles. The van der Waals surface area contributed by atoms with Crippen molar-refractivity contribution in [2.24, 2.45) is 0 Å². The molecule has 7 nitrogen and oxygen atoms in total. The molecule has 0 saturated carbocycles. The molecule has 1 saturated heterocycles. The fourth-order valence-electron chi connectivity index (χ4n) is 2.35. The number of rotatable bonds is 5. The van der Waals surface area contributed by atoms with Gasteiger partial charge in [0, 0.05) is 13.1 Å². The van der Waals surface area contributed by atoms with Crippen LogP contribution in [-0.2, 0) is 14.6 Å². The topological polar surface area (TPSA) is 96.0 Å². The number of nitrogens with zero attached hydrogens (tertiary/aromatic N) is 3. The standard InChI is InChI=1S/C13H16N4O3S3/c1-17(9-4-6-23(19,20)8-9)11(18)7-22-13-14-12(15-16-13)10-3-2-5-21-10/h2-3,5,9H,4,6-8H2,1H3,(H,14,15,16)/t9-/m1/s1. The summed E-state index contributed by atoms with van der Waals surface area (Å²) in [6, 6.07) is 3.66. The van der Waals surface area contributed by atoms with Gasteiger partial charge in [0.2, 0.25) is 11.1 Å². The molecule has 2 aromatic rings. The maximum atomic E-state index is 12.2. The molecular weight excluding hydrogens is 356 g/mol. The summed E-state index contributed by atoms with van der Waals surface area (Å²) in [5, 5.41) is 9.41. The Kier molecular flexibility index (Phi) is 4.74. The molecule has 2 aromatic heterocycles. The van der Waals surface area contributed by atoms with Crippen LogP contribution in [0.25, 0.3) is 10.7 Å². The molecule has 1 fully saturated rings. The van der Waals surface area contributed by atoms with E-state index in [9.17, 15) is 13.2 Å². The van der Waals surface area contributed by atoms with Gasteiger partial charge < -0.3 is 4.90 Å². The number of thioether (sulfide) groups is 1. The quantitative estimate of drug-likeness (QED) is 0.794. The highest BCUT2D eigenvalue weighted by atomic mass is 32.2. The third-order valence-electron chi connectivity index (χ3n) is 3.69. The van der Waals surface area contributed by atoms with E-state index in [0.717, 1.165) is 4.88 Å². The van der Waals surface area contributed by atoms with E-state index in [-0.39, 0.29) is 29.2 Å². The van der Waals surface area contributed by atoms with Crippen molar-refractivity contribution in [3.63, 3.8) is 0 Å². The molecule has 0 aliphatic carbocycles. The largest absolute Gasteiger partial charge is 0.341 e. The van der Waals surface area contributed by atoms with Gasteiger partial charge in [0.05, 0.1) is 22.1 Å². The van der Waals surface area contributed by atoms with E-state index in [0.29, 0.717) is 17.4 Å². The van der Waals surface area contributed by atoms with Crippen molar-refractivity contribution in [3.05, 3.63) is 17.5 Å². The first kappa shape index (κ1) is 16.5. The number of amides is 1. The molecule has 1 N–H and O–H groups in total. The molecule has 1 aliphatic heterocycles. The first-order valence-electron chi connectivity index (χ1n) is 7.00. The fraction of sp³-hybridized carbons (Fsp3) is 0.462. The molecular formula is C13H16N4O3S3. The number of H-pyrrole nitrogens is 1. The van der Waals surface area contributed by atoms with Gasteiger partial charge in [-0.1, -0.05) is 17.8 Å². The molecule has 3 rings (SSSR count). The lowest BCUT2D eigenvalue weighted by molar-refractivity contribution is -0.128. The number of thiophene rings is 1. The first-order chi connectivity index (χ1) is 10.9. The summed E-state index contributed by atoms with van der Waals surface area (Å²) >= 11 is 2.80. The number of aromatic amines is 1. The van der Waals surface area contributed by atoms with Crippen LogP contribution in [0.4, 0.5) is 0 Å². The second kappa shape index (κ2) is 6.62. The molecule has 1 aliphatic rings. The Morgan fingerprint density at radius 1 is 1.57 bits per heavy atom. The van der Waals surface area contributed by atoms with Crippen LogP contribution >= 0.6 is 23.1 Å². The Balaban J connectivity index is 1.55. The smallest absolute Gasteiger partial charge is 0.233 e. The summed E-state index contributed by atoms with van der Waals surface area (Å²) in [4.78, 5) is 19.1. The zero-order valence-corrected chi connectivity index (χ0v) is 14.9. The van der Waals surface area contributed by atoms with Crippen molar-refractivity contribution in [1.29, 1.82) is 0 Å². The van der Waals surface area contributed by atoms with Gasteiger partial charge in [-0.15, -0.1) is 16.4 Å². The Morgan fingerprint density at radius 2 is 2.39 bits per heavy atom. The zero-order valence-electron chi connectivity index (χ0n) is 12.4. The van der Waals surface area contributed by atoms with Crippen molar-refractivity contribution in [3.8, 4) is 10.7 Å². The minimum atomic E-state index is -2.99. The Labute approximate surface area is 142 Å². The third kappa shape index (κ3) is 3.93. The lowest BCUT2D eigenvalue weighted by atomic mass is 10.2. The van der Waals surface area contributed by atoms with Crippen LogP contribution in [0.2, 0.25) is 0 Å².